The summed E-state index contributed by atoms with van der Waals surface area (Å²) in [5, 5.41) is 5.39. The molecule has 3 aromatic rings. The minimum absolute atomic E-state index is 0.156. The Morgan fingerprint density at radius 2 is 1.70 bits per heavy atom. The lowest BCUT2D eigenvalue weighted by molar-refractivity contribution is -0.123. The molecule has 0 aromatic heterocycles. The molecular weight excluding hydrogens is 474 g/mol. The summed E-state index contributed by atoms with van der Waals surface area (Å²) in [5.41, 5.74) is 2.17. The predicted molar refractivity (Wildman–Crippen MR) is 138 cm³/mol. The topological polar surface area (TPSA) is 106 Å². The van der Waals surface area contributed by atoms with E-state index in [0.717, 1.165) is 10.5 Å². The van der Waals surface area contributed by atoms with Gasteiger partial charge < -0.3 is 24.8 Å². The Labute approximate surface area is 214 Å². The molecule has 2 N–H and O–H groups in total. The maximum Gasteiger partial charge on any atom is 0.329 e. The SMILES string of the molecule is CCOc1ccccc1NC(=O)COc1ccc(/C=C2/NC(=O)N(Cc3ccccc3)C2=O)cc1OC. The van der Waals surface area contributed by atoms with Crippen molar-refractivity contribution in [1.82, 2.24) is 10.2 Å². The van der Waals surface area contributed by atoms with E-state index in [2.05, 4.69) is 10.6 Å². The lowest BCUT2D eigenvalue weighted by Crippen LogP contribution is -2.30. The van der Waals surface area contributed by atoms with Gasteiger partial charge in [-0.05, 0) is 48.4 Å². The molecule has 0 radical (unpaired) electrons. The largest absolute Gasteiger partial charge is 0.493 e. The first-order valence-electron chi connectivity index (χ1n) is 11.7. The van der Waals surface area contributed by atoms with Gasteiger partial charge in [-0.15, -0.1) is 0 Å². The molecule has 0 saturated carbocycles. The Bertz CT molecular complexity index is 1320. The average molecular weight is 502 g/mol. The minimum atomic E-state index is -0.482. The highest BCUT2D eigenvalue weighted by atomic mass is 16.5. The number of anilines is 1. The van der Waals surface area contributed by atoms with Gasteiger partial charge in [0.1, 0.15) is 11.4 Å². The van der Waals surface area contributed by atoms with Crippen LogP contribution in [0.2, 0.25) is 0 Å². The van der Waals surface area contributed by atoms with Gasteiger partial charge >= 0.3 is 6.03 Å². The lowest BCUT2D eigenvalue weighted by atomic mass is 10.1. The van der Waals surface area contributed by atoms with Crippen molar-refractivity contribution in [3.63, 3.8) is 0 Å². The summed E-state index contributed by atoms with van der Waals surface area (Å²) in [7, 11) is 1.47. The lowest BCUT2D eigenvalue weighted by Gasteiger charge is -2.13. The van der Waals surface area contributed by atoms with Gasteiger partial charge in [0.15, 0.2) is 18.1 Å². The number of urea groups is 1. The zero-order valence-electron chi connectivity index (χ0n) is 20.5. The molecule has 190 valence electrons. The van der Waals surface area contributed by atoms with Crippen molar-refractivity contribution in [2.45, 2.75) is 13.5 Å². The van der Waals surface area contributed by atoms with E-state index in [9.17, 15) is 14.4 Å². The molecule has 1 saturated heterocycles. The van der Waals surface area contributed by atoms with Crippen LogP contribution < -0.4 is 24.8 Å². The second-order valence-electron chi connectivity index (χ2n) is 8.04. The van der Waals surface area contributed by atoms with E-state index in [1.807, 2.05) is 43.3 Å². The number of benzene rings is 3. The molecule has 37 heavy (non-hydrogen) atoms. The minimum Gasteiger partial charge on any atom is -0.493 e. The molecular formula is C28H27N3O6. The summed E-state index contributed by atoms with van der Waals surface area (Å²) < 4.78 is 16.6. The number of amides is 4. The molecule has 0 spiro atoms. The molecule has 9 nitrogen and oxygen atoms in total. The average Bonchev–Trinajstić information content (AvgIpc) is 3.17. The monoisotopic (exact) mass is 501 g/mol. The Kier molecular flexibility index (Phi) is 8.05. The molecule has 4 rings (SSSR count). The molecule has 1 aliphatic heterocycles. The van der Waals surface area contributed by atoms with Crippen LogP contribution in [0.15, 0.2) is 78.5 Å². The fourth-order valence-corrected chi connectivity index (χ4v) is 3.72. The van der Waals surface area contributed by atoms with Crippen molar-refractivity contribution in [2.24, 2.45) is 0 Å². The molecule has 1 aliphatic rings. The van der Waals surface area contributed by atoms with Gasteiger partial charge in [-0.3, -0.25) is 14.5 Å². The number of para-hydroxylation sites is 2. The highest BCUT2D eigenvalue weighted by Gasteiger charge is 2.33. The maximum absolute atomic E-state index is 12.8. The highest BCUT2D eigenvalue weighted by molar-refractivity contribution is 6.13. The van der Waals surface area contributed by atoms with Gasteiger partial charge in [0.25, 0.3) is 11.8 Å². The normalized spacial score (nSPS) is 13.9. The molecule has 3 aromatic carbocycles. The first kappa shape index (κ1) is 25.3. The number of carbonyl (C=O) groups is 3. The number of hydrogen-bond donors (Lipinski definition) is 2. The predicted octanol–water partition coefficient (Wildman–Crippen LogP) is 4.20. The van der Waals surface area contributed by atoms with Gasteiger partial charge in [0, 0.05) is 0 Å². The van der Waals surface area contributed by atoms with E-state index < -0.39 is 11.9 Å². The number of rotatable bonds is 10. The molecule has 0 aliphatic carbocycles. The summed E-state index contributed by atoms with van der Waals surface area (Å²) >= 11 is 0. The van der Waals surface area contributed by atoms with Crippen LogP contribution in [0.25, 0.3) is 6.08 Å². The number of ether oxygens (including phenoxy) is 3. The van der Waals surface area contributed by atoms with Crippen LogP contribution in [-0.4, -0.2) is 43.1 Å². The van der Waals surface area contributed by atoms with Crippen molar-refractivity contribution >= 4 is 29.6 Å². The van der Waals surface area contributed by atoms with Crippen molar-refractivity contribution < 1.29 is 28.6 Å². The molecule has 0 atom stereocenters. The Morgan fingerprint density at radius 1 is 0.946 bits per heavy atom. The number of nitrogens with zero attached hydrogens (tertiary/aromatic N) is 1. The van der Waals surface area contributed by atoms with Crippen molar-refractivity contribution in [3.8, 4) is 17.2 Å². The third-order valence-corrected chi connectivity index (χ3v) is 5.46. The standard InChI is InChI=1S/C28H27N3O6/c1-3-36-23-12-8-7-11-21(23)29-26(32)18-37-24-14-13-20(16-25(24)35-2)15-22-27(33)31(28(34)30-22)17-19-9-5-4-6-10-19/h4-16H,3,17-18H2,1-2H3,(H,29,32)(H,30,34)/b22-15+. The van der Waals surface area contributed by atoms with Crippen LogP contribution in [0, 0.1) is 0 Å². The number of hydrogen-bond acceptors (Lipinski definition) is 6. The van der Waals surface area contributed by atoms with Crippen LogP contribution in [0.5, 0.6) is 17.2 Å². The molecule has 0 unspecified atom stereocenters. The molecule has 1 heterocycles. The quantitative estimate of drug-likeness (QED) is 0.319. The second kappa shape index (κ2) is 11.8. The summed E-state index contributed by atoms with van der Waals surface area (Å²) in [6.07, 6.45) is 1.56. The summed E-state index contributed by atoms with van der Waals surface area (Å²) in [5.74, 6) is 0.514. The van der Waals surface area contributed by atoms with Gasteiger partial charge in [-0.2, -0.15) is 0 Å². The van der Waals surface area contributed by atoms with Gasteiger partial charge in [-0.25, -0.2) is 4.79 Å². The summed E-state index contributed by atoms with van der Waals surface area (Å²) in [6.45, 7) is 2.27. The third kappa shape index (κ3) is 6.26. The molecule has 4 amide bonds. The van der Waals surface area contributed by atoms with Crippen LogP contribution in [0.4, 0.5) is 10.5 Å². The third-order valence-electron chi connectivity index (χ3n) is 5.46. The Morgan fingerprint density at radius 3 is 2.46 bits per heavy atom. The van der Waals surface area contributed by atoms with Gasteiger partial charge in [-0.1, -0.05) is 48.5 Å². The van der Waals surface area contributed by atoms with Crippen molar-refractivity contribution in [1.29, 1.82) is 0 Å². The fourth-order valence-electron chi connectivity index (χ4n) is 3.72. The number of carbonyl (C=O) groups excluding carboxylic acids is 3. The van der Waals surface area contributed by atoms with Crippen molar-refractivity contribution in [2.75, 3.05) is 25.6 Å². The first-order valence-corrected chi connectivity index (χ1v) is 11.7. The summed E-state index contributed by atoms with van der Waals surface area (Å²) in [4.78, 5) is 38.8. The van der Waals surface area contributed by atoms with Gasteiger partial charge in [0.2, 0.25) is 0 Å². The van der Waals surface area contributed by atoms with E-state index >= 15 is 0 Å². The second-order valence-corrected chi connectivity index (χ2v) is 8.04. The smallest absolute Gasteiger partial charge is 0.329 e. The summed E-state index contributed by atoms with van der Waals surface area (Å²) in [6, 6.07) is 20.9. The van der Waals surface area contributed by atoms with E-state index in [1.54, 1.807) is 42.5 Å². The number of nitrogens with one attached hydrogen (secondary N) is 2. The molecule has 9 heteroatoms. The van der Waals surface area contributed by atoms with Crippen LogP contribution in [0.3, 0.4) is 0 Å². The van der Waals surface area contributed by atoms with E-state index in [1.165, 1.54) is 7.11 Å². The number of methoxy groups -OCH3 is 1. The van der Waals surface area contributed by atoms with Crippen LogP contribution in [0.1, 0.15) is 18.1 Å². The van der Waals surface area contributed by atoms with Crippen molar-refractivity contribution in [3.05, 3.63) is 89.6 Å². The Hall–Kier alpha value is -4.79. The molecule has 1 fully saturated rings. The van der Waals surface area contributed by atoms with E-state index in [4.69, 9.17) is 14.2 Å². The maximum atomic E-state index is 12.8. The highest BCUT2D eigenvalue weighted by Crippen LogP contribution is 2.30. The van der Waals surface area contributed by atoms with Gasteiger partial charge in [0.05, 0.1) is 25.9 Å². The van der Waals surface area contributed by atoms with Crippen LogP contribution >= 0.6 is 0 Å². The fraction of sp³-hybridized carbons (Fsp3) is 0.179. The van der Waals surface area contributed by atoms with E-state index in [-0.39, 0.29) is 24.8 Å². The Balaban J connectivity index is 1.41. The van der Waals surface area contributed by atoms with E-state index in [0.29, 0.717) is 35.1 Å². The number of imide groups is 1. The van der Waals surface area contributed by atoms with Crippen LogP contribution in [-0.2, 0) is 16.1 Å². The zero-order chi connectivity index (χ0) is 26.2. The molecule has 0 bridgehead atoms. The zero-order valence-corrected chi connectivity index (χ0v) is 20.5. The first-order chi connectivity index (χ1) is 18.0.